The molecule has 1 atom stereocenters. The largest absolute Gasteiger partial charge is 0.351 e. The highest BCUT2D eigenvalue weighted by atomic mass is 19.3. The van der Waals surface area contributed by atoms with Crippen molar-refractivity contribution in [2.24, 2.45) is 0 Å². The molecule has 106 valence electrons. The number of hydrogen-bond acceptors (Lipinski definition) is 3. The lowest BCUT2D eigenvalue weighted by Crippen LogP contribution is -2.68. The highest BCUT2D eigenvalue weighted by Crippen LogP contribution is 2.33. The second-order valence-corrected chi connectivity index (χ2v) is 5.29. The highest BCUT2D eigenvalue weighted by Gasteiger charge is 2.49. The summed E-state index contributed by atoms with van der Waals surface area (Å²) in [5.74, 6) is -2.73. The van der Waals surface area contributed by atoms with Crippen LogP contribution in [0.5, 0.6) is 0 Å². The fourth-order valence-corrected chi connectivity index (χ4v) is 2.86. The molecule has 0 aromatic rings. The Kier molecular flexibility index (Phi) is 3.87. The average Bonchev–Trinajstić information content (AvgIpc) is 2.22. The molecule has 1 unspecified atom stereocenters. The van der Waals surface area contributed by atoms with E-state index in [0.29, 0.717) is 26.1 Å². The predicted octanol–water partition coefficient (Wildman–Crippen LogP) is 0.782. The van der Waals surface area contributed by atoms with E-state index in [2.05, 4.69) is 5.32 Å². The summed E-state index contributed by atoms with van der Waals surface area (Å²) in [5, 5.41) is 2.76. The molecule has 0 aromatic carbocycles. The first-order chi connectivity index (χ1) is 8.42. The predicted molar refractivity (Wildman–Crippen MR) is 66.8 cm³/mol. The smallest absolute Gasteiger partial charge is 0.275 e. The molecular weight excluding hydrogens is 240 g/mol. The molecule has 0 spiro atoms. The zero-order valence-electron chi connectivity index (χ0n) is 11.0. The number of piperidine rings is 1. The lowest BCUT2D eigenvalue weighted by molar-refractivity contribution is -0.145. The molecule has 0 aliphatic carbocycles. The van der Waals surface area contributed by atoms with E-state index in [4.69, 9.17) is 0 Å². The van der Waals surface area contributed by atoms with Crippen molar-refractivity contribution in [2.45, 2.75) is 38.3 Å². The van der Waals surface area contributed by atoms with E-state index < -0.39 is 12.0 Å². The number of rotatable bonds is 3. The number of amides is 1. The van der Waals surface area contributed by atoms with Gasteiger partial charge in [-0.2, -0.15) is 0 Å². The molecule has 18 heavy (non-hydrogen) atoms. The van der Waals surface area contributed by atoms with Crippen LogP contribution in [0.25, 0.3) is 0 Å². The van der Waals surface area contributed by atoms with Gasteiger partial charge in [-0.3, -0.25) is 14.6 Å². The standard InChI is InChI=1S/C12H21F2N3O.H2/c1-3-16-5-4-11(12(13,14)8-16)17-6-10(7-17)15-9(2)18;/h10-11H,3-8H2,1-2H3,(H,15,18);1H. The fraction of sp³-hybridized carbons (Fsp3) is 0.917. The van der Waals surface area contributed by atoms with E-state index in [1.807, 2.05) is 6.92 Å². The maximum atomic E-state index is 14.0. The molecular formula is C12H23F2N3O. The van der Waals surface area contributed by atoms with Gasteiger partial charge < -0.3 is 5.32 Å². The monoisotopic (exact) mass is 263 g/mol. The summed E-state index contributed by atoms with van der Waals surface area (Å²) in [6.45, 7) is 5.73. The molecule has 2 aliphatic rings. The second-order valence-electron chi connectivity index (χ2n) is 5.29. The fourth-order valence-electron chi connectivity index (χ4n) is 2.86. The van der Waals surface area contributed by atoms with Crippen molar-refractivity contribution in [2.75, 3.05) is 32.7 Å². The Morgan fingerprint density at radius 2 is 2.17 bits per heavy atom. The Morgan fingerprint density at radius 1 is 1.50 bits per heavy atom. The summed E-state index contributed by atoms with van der Waals surface area (Å²) in [6.07, 6.45) is 0.508. The molecule has 0 saturated carbocycles. The Balaban J connectivity index is 0.00000180. The van der Waals surface area contributed by atoms with Crippen LogP contribution < -0.4 is 5.32 Å². The summed E-state index contributed by atoms with van der Waals surface area (Å²) in [4.78, 5) is 14.4. The zero-order valence-corrected chi connectivity index (χ0v) is 11.0. The van der Waals surface area contributed by atoms with Gasteiger partial charge in [-0.15, -0.1) is 0 Å². The maximum absolute atomic E-state index is 14.0. The maximum Gasteiger partial charge on any atom is 0.275 e. The van der Waals surface area contributed by atoms with Gasteiger partial charge in [0.15, 0.2) is 0 Å². The summed E-state index contributed by atoms with van der Waals surface area (Å²) in [7, 11) is 0. The van der Waals surface area contributed by atoms with Crippen LogP contribution in [0.15, 0.2) is 0 Å². The first-order valence-corrected chi connectivity index (χ1v) is 6.53. The van der Waals surface area contributed by atoms with Crippen molar-refractivity contribution >= 4 is 5.91 Å². The SMILES string of the molecule is CCN1CCC(N2CC(NC(C)=O)C2)C(F)(F)C1.[HH]. The zero-order chi connectivity index (χ0) is 13.3. The number of nitrogens with zero attached hydrogens (tertiary/aromatic N) is 2. The molecule has 0 radical (unpaired) electrons. The van der Waals surface area contributed by atoms with E-state index in [1.165, 1.54) is 6.92 Å². The summed E-state index contributed by atoms with van der Waals surface area (Å²) in [6, 6.07) is -0.618. The summed E-state index contributed by atoms with van der Waals surface area (Å²) in [5.41, 5.74) is 0. The van der Waals surface area contributed by atoms with Crippen LogP contribution in [0.4, 0.5) is 8.78 Å². The van der Waals surface area contributed by atoms with Crippen LogP contribution in [0, 0.1) is 0 Å². The van der Waals surface area contributed by atoms with Crippen LogP contribution in [-0.2, 0) is 4.79 Å². The molecule has 1 N–H and O–H groups in total. The van der Waals surface area contributed by atoms with Gasteiger partial charge in [-0.05, 0) is 13.0 Å². The highest BCUT2D eigenvalue weighted by molar-refractivity contribution is 5.73. The van der Waals surface area contributed by atoms with Crippen molar-refractivity contribution < 1.29 is 15.0 Å². The number of nitrogens with one attached hydrogen (secondary N) is 1. The first kappa shape index (κ1) is 13.7. The number of carbonyl (C=O) groups excluding carboxylic acids is 1. The van der Waals surface area contributed by atoms with Crippen molar-refractivity contribution in [3.05, 3.63) is 0 Å². The molecule has 6 heteroatoms. The van der Waals surface area contributed by atoms with Gasteiger partial charge in [0.1, 0.15) is 0 Å². The van der Waals surface area contributed by atoms with Gasteiger partial charge in [0, 0.05) is 28.0 Å². The van der Waals surface area contributed by atoms with E-state index >= 15 is 0 Å². The molecule has 2 fully saturated rings. The van der Waals surface area contributed by atoms with E-state index in [9.17, 15) is 13.6 Å². The number of hydrogen-bond donors (Lipinski definition) is 1. The average molecular weight is 263 g/mol. The number of likely N-dealkylation sites (tertiary alicyclic amines) is 2. The molecule has 4 nitrogen and oxygen atoms in total. The molecule has 2 saturated heterocycles. The van der Waals surface area contributed by atoms with Gasteiger partial charge in [0.2, 0.25) is 5.91 Å². The van der Waals surface area contributed by atoms with Crippen LogP contribution >= 0.6 is 0 Å². The molecule has 2 aliphatic heterocycles. The third kappa shape index (κ3) is 2.80. The van der Waals surface area contributed by atoms with Crippen molar-refractivity contribution in [1.82, 2.24) is 15.1 Å². The van der Waals surface area contributed by atoms with Gasteiger partial charge in [-0.25, -0.2) is 8.78 Å². The van der Waals surface area contributed by atoms with Crippen molar-refractivity contribution in [3.63, 3.8) is 0 Å². The van der Waals surface area contributed by atoms with Crippen LogP contribution in [0.3, 0.4) is 0 Å². The van der Waals surface area contributed by atoms with E-state index in [0.717, 1.165) is 6.54 Å². The molecule has 2 heterocycles. The van der Waals surface area contributed by atoms with Gasteiger partial charge in [-0.1, -0.05) is 6.92 Å². The Labute approximate surface area is 108 Å². The van der Waals surface area contributed by atoms with Gasteiger partial charge in [0.05, 0.1) is 18.6 Å². The minimum atomic E-state index is -2.64. The normalized spacial score (nSPS) is 29.9. The first-order valence-electron chi connectivity index (χ1n) is 6.53. The van der Waals surface area contributed by atoms with Crippen LogP contribution in [-0.4, -0.2) is 66.4 Å². The lowest BCUT2D eigenvalue weighted by Gasteiger charge is -2.49. The Bertz CT molecular complexity index is 324. The summed E-state index contributed by atoms with van der Waals surface area (Å²) >= 11 is 0. The van der Waals surface area contributed by atoms with E-state index in [-0.39, 0.29) is 19.9 Å². The van der Waals surface area contributed by atoms with Gasteiger partial charge >= 0.3 is 0 Å². The van der Waals surface area contributed by atoms with Crippen molar-refractivity contribution in [3.8, 4) is 0 Å². The van der Waals surface area contributed by atoms with Crippen molar-refractivity contribution in [1.29, 1.82) is 0 Å². The Hall–Kier alpha value is -0.750. The minimum absolute atomic E-state index is 0. The van der Waals surface area contributed by atoms with Crippen LogP contribution in [0.2, 0.25) is 0 Å². The number of halogens is 2. The minimum Gasteiger partial charge on any atom is -0.351 e. The molecule has 0 bridgehead atoms. The third-order valence-electron chi connectivity index (χ3n) is 3.85. The summed E-state index contributed by atoms with van der Waals surface area (Å²) < 4.78 is 28.0. The number of carbonyl (C=O) groups is 1. The second kappa shape index (κ2) is 5.09. The molecule has 1 amide bonds. The lowest BCUT2D eigenvalue weighted by atomic mass is 9.94. The quantitative estimate of drug-likeness (QED) is 0.817. The molecule has 0 aromatic heterocycles. The molecule has 2 rings (SSSR count). The van der Waals surface area contributed by atoms with Crippen LogP contribution in [0.1, 0.15) is 21.7 Å². The number of alkyl halides is 2. The van der Waals surface area contributed by atoms with Gasteiger partial charge in [0.25, 0.3) is 5.92 Å². The topological polar surface area (TPSA) is 35.6 Å². The van der Waals surface area contributed by atoms with E-state index in [1.54, 1.807) is 9.80 Å². The third-order valence-corrected chi connectivity index (χ3v) is 3.85. The Morgan fingerprint density at radius 3 is 2.67 bits per heavy atom.